The molecular formula is C15H23ClN2O2. The first kappa shape index (κ1) is 15.6. The second-order valence-electron chi connectivity index (χ2n) is 5.37. The van der Waals surface area contributed by atoms with Gasteiger partial charge in [-0.3, -0.25) is 4.90 Å². The monoisotopic (exact) mass is 298 g/mol. The third-order valence-electron chi connectivity index (χ3n) is 4.22. The normalized spacial score (nSPS) is 25.1. The Morgan fingerprint density at radius 1 is 1.20 bits per heavy atom. The molecule has 2 atom stereocenters. The van der Waals surface area contributed by atoms with Crippen molar-refractivity contribution < 1.29 is 9.47 Å². The predicted molar refractivity (Wildman–Crippen MR) is 82.8 cm³/mol. The average Bonchev–Trinajstić information content (AvgIpc) is 3.04. The number of benzene rings is 1. The number of halogens is 1. The van der Waals surface area contributed by atoms with E-state index in [1.54, 1.807) is 14.2 Å². The first-order chi connectivity index (χ1) is 9.31. The van der Waals surface area contributed by atoms with Crippen LogP contribution < -0.4 is 5.32 Å². The summed E-state index contributed by atoms with van der Waals surface area (Å²) in [5, 5.41) is 3.50. The fourth-order valence-corrected chi connectivity index (χ4v) is 3.18. The number of nitrogens with one attached hydrogen (secondary N) is 1. The summed E-state index contributed by atoms with van der Waals surface area (Å²) >= 11 is 0. The van der Waals surface area contributed by atoms with Crippen molar-refractivity contribution in [2.24, 2.45) is 0 Å². The Labute approximate surface area is 126 Å². The van der Waals surface area contributed by atoms with Gasteiger partial charge in [0, 0.05) is 46.1 Å². The Morgan fingerprint density at radius 2 is 1.90 bits per heavy atom. The molecule has 0 unspecified atom stereocenters. The van der Waals surface area contributed by atoms with E-state index in [0.717, 1.165) is 32.6 Å². The van der Waals surface area contributed by atoms with Crippen molar-refractivity contribution in [3.05, 3.63) is 29.3 Å². The summed E-state index contributed by atoms with van der Waals surface area (Å²) in [6.07, 6.45) is 1.52. The summed E-state index contributed by atoms with van der Waals surface area (Å²) in [5.74, 6) is 0. The van der Waals surface area contributed by atoms with Crippen molar-refractivity contribution in [2.75, 3.05) is 39.2 Å². The zero-order valence-corrected chi connectivity index (χ0v) is 12.9. The van der Waals surface area contributed by atoms with Crippen LogP contribution in [-0.2, 0) is 22.4 Å². The highest BCUT2D eigenvalue weighted by Gasteiger charge is 2.33. The van der Waals surface area contributed by atoms with Crippen LogP contribution in [0.15, 0.2) is 18.2 Å². The van der Waals surface area contributed by atoms with Crippen molar-refractivity contribution in [3.63, 3.8) is 0 Å². The minimum atomic E-state index is 0. The molecule has 3 rings (SSSR count). The Balaban J connectivity index is 0.00000147. The van der Waals surface area contributed by atoms with Crippen LogP contribution in [0.3, 0.4) is 0 Å². The third-order valence-corrected chi connectivity index (χ3v) is 4.22. The summed E-state index contributed by atoms with van der Waals surface area (Å²) < 4.78 is 11.0. The number of likely N-dealkylation sites (tertiary alicyclic amines) is 1. The van der Waals surface area contributed by atoms with E-state index in [1.165, 1.54) is 16.8 Å². The third kappa shape index (κ3) is 2.93. The van der Waals surface area contributed by atoms with E-state index < -0.39 is 0 Å². The molecule has 0 spiro atoms. The van der Waals surface area contributed by atoms with Crippen molar-refractivity contribution in [2.45, 2.75) is 25.2 Å². The van der Waals surface area contributed by atoms with E-state index >= 15 is 0 Å². The number of methoxy groups -OCH3 is 2. The number of anilines is 1. The fraction of sp³-hybridized carbons (Fsp3) is 0.600. The zero-order valence-electron chi connectivity index (χ0n) is 12.1. The molecule has 1 aromatic rings. The number of ether oxygens (including phenoxy) is 2. The highest BCUT2D eigenvalue weighted by atomic mass is 35.5. The molecule has 0 amide bonds. The maximum Gasteiger partial charge on any atom is 0.0971 e. The molecule has 1 saturated heterocycles. The van der Waals surface area contributed by atoms with Gasteiger partial charge in [-0.2, -0.15) is 0 Å². The molecule has 2 aliphatic heterocycles. The topological polar surface area (TPSA) is 33.7 Å². The van der Waals surface area contributed by atoms with Gasteiger partial charge in [0.05, 0.1) is 12.2 Å². The van der Waals surface area contributed by atoms with E-state index in [0.29, 0.717) is 0 Å². The van der Waals surface area contributed by atoms with E-state index in [9.17, 15) is 0 Å². The first-order valence-corrected chi connectivity index (χ1v) is 6.94. The Morgan fingerprint density at radius 3 is 2.55 bits per heavy atom. The van der Waals surface area contributed by atoms with Crippen LogP contribution in [-0.4, -0.2) is 51.0 Å². The number of hydrogen-bond acceptors (Lipinski definition) is 4. The van der Waals surface area contributed by atoms with Gasteiger partial charge in [-0.1, -0.05) is 18.2 Å². The lowest BCUT2D eigenvalue weighted by Crippen LogP contribution is -2.27. The summed E-state index contributed by atoms with van der Waals surface area (Å²) in [5.41, 5.74) is 4.18. The highest BCUT2D eigenvalue weighted by molar-refractivity contribution is 5.85. The van der Waals surface area contributed by atoms with Crippen LogP contribution in [0.25, 0.3) is 0 Å². The zero-order chi connectivity index (χ0) is 13.2. The fourth-order valence-electron chi connectivity index (χ4n) is 3.18. The van der Waals surface area contributed by atoms with Gasteiger partial charge in [-0.25, -0.2) is 0 Å². The lowest BCUT2D eigenvalue weighted by molar-refractivity contribution is -0.00461. The van der Waals surface area contributed by atoms with Gasteiger partial charge in [0.2, 0.25) is 0 Å². The van der Waals surface area contributed by atoms with Crippen molar-refractivity contribution in [1.82, 2.24) is 4.90 Å². The molecule has 1 aromatic carbocycles. The molecule has 0 aromatic heterocycles. The highest BCUT2D eigenvalue weighted by Crippen LogP contribution is 2.28. The van der Waals surface area contributed by atoms with E-state index in [4.69, 9.17) is 9.47 Å². The number of rotatable bonds is 4. The Kier molecular flexibility index (Phi) is 5.27. The van der Waals surface area contributed by atoms with Gasteiger partial charge >= 0.3 is 0 Å². The molecular weight excluding hydrogens is 276 g/mol. The van der Waals surface area contributed by atoms with E-state index in [2.05, 4.69) is 28.4 Å². The standard InChI is InChI=1S/C15H22N2O2.ClH/c1-18-13-9-17(10-14(13)19-2)8-12-5-3-4-11-6-7-16-15(11)12;/h3-5,13-14,16H,6-10H2,1-2H3;1H/t13-,14+;. The van der Waals surface area contributed by atoms with Gasteiger partial charge < -0.3 is 14.8 Å². The minimum absolute atomic E-state index is 0. The van der Waals surface area contributed by atoms with Crippen molar-refractivity contribution in [1.29, 1.82) is 0 Å². The van der Waals surface area contributed by atoms with Crippen LogP contribution >= 0.6 is 12.4 Å². The quantitative estimate of drug-likeness (QED) is 0.921. The summed E-state index contributed by atoms with van der Waals surface area (Å²) in [4.78, 5) is 2.41. The van der Waals surface area contributed by atoms with Crippen LogP contribution in [0, 0.1) is 0 Å². The molecule has 2 heterocycles. The first-order valence-electron chi connectivity index (χ1n) is 6.94. The van der Waals surface area contributed by atoms with E-state index in [1.807, 2.05) is 0 Å². The van der Waals surface area contributed by atoms with Gasteiger partial charge in [0.1, 0.15) is 0 Å². The molecule has 0 bridgehead atoms. The molecule has 112 valence electrons. The summed E-state index contributed by atoms with van der Waals surface area (Å²) in [7, 11) is 3.53. The number of para-hydroxylation sites is 1. The van der Waals surface area contributed by atoms with Crippen LogP contribution in [0.4, 0.5) is 5.69 Å². The SMILES string of the molecule is CO[C@H]1CN(Cc2cccc3c2NCC3)C[C@H]1OC.Cl. The average molecular weight is 299 g/mol. The lowest BCUT2D eigenvalue weighted by atomic mass is 10.1. The van der Waals surface area contributed by atoms with Crippen LogP contribution in [0.2, 0.25) is 0 Å². The van der Waals surface area contributed by atoms with Crippen LogP contribution in [0.1, 0.15) is 11.1 Å². The largest absolute Gasteiger partial charge is 0.384 e. The summed E-state index contributed by atoms with van der Waals surface area (Å²) in [6.45, 7) is 3.92. The lowest BCUT2D eigenvalue weighted by Gasteiger charge is -2.17. The van der Waals surface area contributed by atoms with Gasteiger partial charge in [-0.05, 0) is 17.5 Å². The Hall–Kier alpha value is -0.810. The maximum atomic E-state index is 5.49. The second-order valence-corrected chi connectivity index (χ2v) is 5.37. The predicted octanol–water partition coefficient (Wildman–Crippen LogP) is 1.92. The molecule has 1 N–H and O–H groups in total. The molecule has 1 fully saturated rings. The van der Waals surface area contributed by atoms with Gasteiger partial charge in [0.25, 0.3) is 0 Å². The Bertz CT molecular complexity index is 443. The van der Waals surface area contributed by atoms with Gasteiger partial charge in [-0.15, -0.1) is 12.4 Å². The molecule has 0 aliphatic carbocycles. The molecule has 5 heteroatoms. The van der Waals surface area contributed by atoms with Crippen molar-refractivity contribution >= 4 is 18.1 Å². The van der Waals surface area contributed by atoms with E-state index in [-0.39, 0.29) is 24.6 Å². The molecule has 20 heavy (non-hydrogen) atoms. The number of nitrogens with zero attached hydrogens (tertiary/aromatic N) is 1. The maximum absolute atomic E-state index is 5.49. The smallest absolute Gasteiger partial charge is 0.0971 e. The molecule has 0 radical (unpaired) electrons. The van der Waals surface area contributed by atoms with Crippen molar-refractivity contribution in [3.8, 4) is 0 Å². The summed E-state index contributed by atoms with van der Waals surface area (Å²) in [6, 6.07) is 6.61. The molecule has 0 saturated carbocycles. The molecule has 4 nitrogen and oxygen atoms in total. The number of hydrogen-bond donors (Lipinski definition) is 1. The van der Waals surface area contributed by atoms with Gasteiger partial charge in [0.15, 0.2) is 0 Å². The second kappa shape index (κ2) is 6.76. The minimum Gasteiger partial charge on any atom is -0.384 e. The molecule has 2 aliphatic rings. The van der Waals surface area contributed by atoms with Crippen LogP contribution in [0.5, 0.6) is 0 Å². The number of fused-ring (bicyclic) bond motifs is 1.